The van der Waals surface area contributed by atoms with Crippen molar-refractivity contribution in [1.29, 1.82) is 0 Å². The first-order valence-electron chi connectivity index (χ1n) is 15.1. The quantitative estimate of drug-likeness (QED) is 0.187. The fourth-order valence-electron chi connectivity index (χ4n) is 6.49. The number of likely N-dealkylation sites (tertiary alicyclic amines) is 1. The van der Waals surface area contributed by atoms with Crippen molar-refractivity contribution >= 4 is 14.4 Å². The maximum atomic E-state index is 13.2. The molecule has 2 aromatic rings. The Morgan fingerprint density at radius 3 is 2.10 bits per heavy atom. The van der Waals surface area contributed by atoms with Crippen LogP contribution in [0.15, 0.2) is 54.6 Å². The van der Waals surface area contributed by atoms with Gasteiger partial charge in [-0.3, -0.25) is 0 Å². The van der Waals surface area contributed by atoms with E-state index in [-0.39, 0.29) is 25.2 Å². The minimum atomic E-state index is -2.32. The van der Waals surface area contributed by atoms with Crippen molar-refractivity contribution in [3.05, 3.63) is 65.7 Å². The summed E-state index contributed by atoms with van der Waals surface area (Å²) >= 11 is 0. The number of β-amino-alcohol motifs (C(OH)–C–C–N with tert-alkyl or cyclic N) is 1. The van der Waals surface area contributed by atoms with E-state index in [1.54, 1.807) is 12.0 Å². The lowest BCUT2D eigenvalue weighted by Gasteiger charge is -2.49. The molecular formula is C33H51NO6Si. The number of amides is 1. The number of piperidine rings is 1. The molecule has 0 unspecified atom stereocenters. The van der Waals surface area contributed by atoms with Gasteiger partial charge in [-0.25, -0.2) is 4.79 Å². The van der Waals surface area contributed by atoms with Gasteiger partial charge < -0.3 is 28.6 Å². The second-order valence-corrected chi connectivity index (χ2v) is 17.5. The average molecular weight is 586 g/mol. The van der Waals surface area contributed by atoms with Crippen LogP contribution in [0, 0.1) is 0 Å². The second kappa shape index (κ2) is 15.7. The van der Waals surface area contributed by atoms with Gasteiger partial charge >= 0.3 is 6.09 Å². The van der Waals surface area contributed by atoms with E-state index in [0.717, 1.165) is 36.3 Å². The highest BCUT2D eigenvalue weighted by Crippen LogP contribution is 2.45. The summed E-state index contributed by atoms with van der Waals surface area (Å²) in [5, 5.41) is 11.5. The zero-order chi connectivity index (χ0) is 30.0. The normalized spacial score (nSPS) is 19.7. The molecule has 2 aromatic carbocycles. The third kappa shape index (κ3) is 8.57. The topological polar surface area (TPSA) is 77.5 Å². The molecule has 1 amide bonds. The van der Waals surface area contributed by atoms with Crippen LogP contribution in [-0.2, 0) is 20.5 Å². The predicted molar refractivity (Wildman–Crippen MR) is 166 cm³/mol. The van der Waals surface area contributed by atoms with Crippen molar-refractivity contribution in [1.82, 2.24) is 4.90 Å². The average Bonchev–Trinajstić information content (AvgIpc) is 2.94. The van der Waals surface area contributed by atoms with Gasteiger partial charge in [-0.1, -0.05) is 84.0 Å². The minimum absolute atomic E-state index is 0.190. The number of ether oxygens (including phenoxy) is 3. The summed E-state index contributed by atoms with van der Waals surface area (Å²) in [5.41, 5.74) is 3.03. The smallest absolute Gasteiger partial charge is 0.410 e. The van der Waals surface area contributed by atoms with Gasteiger partial charge in [-0.15, -0.1) is 0 Å². The molecule has 0 aromatic heterocycles. The number of carbonyl (C=O) groups is 1. The Hall–Kier alpha value is -2.39. The number of rotatable bonds is 14. The molecule has 1 N–H and O–H groups in total. The molecular weight excluding hydrogens is 534 g/mol. The molecule has 3 rings (SSSR count). The predicted octanol–water partition coefficient (Wildman–Crippen LogP) is 7.15. The van der Waals surface area contributed by atoms with E-state index >= 15 is 0 Å². The van der Waals surface area contributed by atoms with Gasteiger partial charge in [0.25, 0.3) is 0 Å². The molecule has 0 saturated carbocycles. The van der Waals surface area contributed by atoms with Gasteiger partial charge in [0.1, 0.15) is 12.4 Å². The summed E-state index contributed by atoms with van der Waals surface area (Å²) in [5.74, 6) is 0.530. The fraction of sp³-hybridized carbons (Fsp3) is 0.606. The largest absolute Gasteiger partial charge is 0.494 e. The Kier molecular flexibility index (Phi) is 12.7. The van der Waals surface area contributed by atoms with Gasteiger partial charge in [-0.2, -0.15) is 0 Å². The maximum absolute atomic E-state index is 13.2. The number of unbranched alkanes of at least 4 members (excludes halogenated alkanes) is 1. The zero-order valence-corrected chi connectivity index (χ0v) is 27.0. The Labute approximate surface area is 248 Å². The molecule has 1 saturated heterocycles. The molecule has 0 radical (unpaired) electrons. The first kappa shape index (κ1) is 33.1. The lowest BCUT2D eigenvalue weighted by molar-refractivity contribution is -0.0255. The van der Waals surface area contributed by atoms with Crippen LogP contribution in [0.2, 0.25) is 16.6 Å². The van der Waals surface area contributed by atoms with E-state index in [9.17, 15) is 9.90 Å². The molecule has 1 aliphatic rings. The van der Waals surface area contributed by atoms with Crippen LogP contribution in [0.4, 0.5) is 4.79 Å². The van der Waals surface area contributed by atoms with Gasteiger partial charge in [0.15, 0.2) is 0 Å². The number of hydrogen-bond donors (Lipinski definition) is 1. The van der Waals surface area contributed by atoms with E-state index in [1.807, 2.05) is 54.6 Å². The van der Waals surface area contributed by atoms with E-state index in [0.29, 0.717) is 29.8 Å². The van der Waals surface area contributed by atoms with E-state index in [4.69, 9.17) is 18.6 Å². The fourth-order valence-corrected chi connectivity index (χ4v) is 12.1. The molecule has 0 bridgehead atoms. The van der Waals surface area contributed by atoms with Crippen LogP contribution in [-0.4, -0.2) is 70.0 Å². The molecule has 1 heterocycles. The summed E-state index contributed by atoms with van der Waals surface area (Å²) < 4.78 is 24.0. The Balaban J connectivity index is 1.83. The molecule has 8 heteroatoms. The van der Waals surface area contributed by atoms with Gasteiger partial charge in [-0.05, 0) is 52.7 Å². The van der Waals surface area contributed by atoms with E-state index < -0.39 is 20.5 Å². The number of hydrogen-bond acceptors (Lipinski definition) is 6. The Morgan fingerprint density at radius 2 is 1.51 bits per heavy atom. The monoisotopic (exact) mass is 585 g/mol. The third-order valence-corrected chi connectivity index (χ3v) is 14.6. The summed E-state index contributed by atoms with van der Waals surface area (Å²) in [7, 11) is -0.612. The second-order valence-electron chi connectivity index (χ2n) is 12.1. The van der Waals surface area contributed by atoms with Gasteiger partial charge in [0.05, 0.1) is 25.4 Å². The minimum Gasteiger partial charge on any atom is -0.494 e. The molecule has 1 aliphatic heterocycles. The number of carbonyl (C=O) groups excluding carboxylic acids is 1. The molecule has 41 heavy (non-hydrogen) atoms. The van der Waals surface area contributed by atoms with Crippen molar-refractivity contribution in [2.45, 2.75) is 95.7 Å². The van der Waals surface area contributed by atoms with Crippen LogP contribution in [0.25, 0.3) is 0 Å². The van der Waals surface area contributed by atoms with Crippen molar-refractivity contribution in [3.8, 4) is 5.75 Å². The number of nitrogens with zero attached hydrogens (tertiary/aromatic N) is 1. The summed E-state index contributed by atoms with van der Waals surface area (Å²) in [6.45, 7) is 15.6. The molecule has 0 aliphatic carbocycles. The van der Waals surface area contributed by atoms with Crippen LogP contribution in [0.1, 0.15) is 71.4 Å². The van der Waals surface area contributed by atoms with Crippen molar-refractivity contribution < 1.29 is 28.5 Å². The summed E-state index contributed by atoms with van der Waals surface area (Å²) in [4.78, 5) is 14.8. The van der Waals surface area contributed by atoms with Gasteiger partial charge in [0, 0.05) is 26.2 Å². The highest BCUT2D eigenvalue weighted by Gasteiger charge is 2.50. The first-order chi connectivity index (χ1) is 19.6. The van der Waals surface area contributed by atoms with Crippen LogP contribution in [0.3, 0.4) is 0 Å². The van der Waals surface area contributed by atoms with Crippen molar-refractivity contribution in [2.24, 2.45) is 0 Å². The Morgan fingerprint density at radius 1 is 0.902 bits per heavy atom. The molecule has 7 nitrogen and oxygen atoms in total. The number of aliphatic hydroxyl groups is 1. The number of aliphatic hydroxyl groups excluding tert-OH is 1. The van der Waals surface area contributed by atoms with Gasteiger partial charge in [0.2, 0.25) is 8.32 Å². The van der Waals surface area contributed by atoms with E-state index in [2.05, 4.69) is 41.5 Å². The third-order valence-electron chi connectivity index (χ3n) is 8.43. The number of benzene rings is 2. The molecule has 1 fully saturated rings. The van der Waals surface area contributed by atoms with E-state index in [1.165, 1.54) is 0 Å². The molecule has 228 valence electrons. The summed E-state index contributed by atoms with van der Waals surface area (Å²) in [6, 6.07) is 17.6. The van der Waals surface area contributed by atoms with Crippen LogP contribution in [0.5, 0.6) is 5.75 Å². The zero-order valence-electron chi connectivity index (χ0n) is 26.0. The lowest BCUT2D eigenvalue weighted by atomic mass is 9.85. The highest BCUT2D eigenvalue weighted by molar-refractivity contribution is 6.77. The lowest BCUT2D eigenvalue weighted by Crippen LogP contribution is -2.59. The Bertz CT molecular complexity index is 1020. The highest BCUT2D eigenvalue weighted by atomic mass is 28.4. The maximum Gasteiger partial charge on any atom is 0.410 e. The van der Waals surface area contributed by atoms with Crippen LogP contribution < -0.4 is 4.74 Å². The first-order valence-corrected chi connectivity index (χ1v) is 17.3. The SMILES string of the molecule is COCCCCOc1ccc([C@@H]2[C@@H](O)CN(C(=O)OCc3ccccc3)C[C@H]2O[Si](C(C)C)(C(C)C)C(C)C)cc1. The number of methoxy groups -OCH3 is 1. The summed E-state index contributed by atoms with van der Waals surface area (Å²) in [6.07, 6.45) is 0.303. The van der Waals surface area contributed by atoms with Crippen molar-refractivity contribution in [2.75, 3.05) is 33.4 Å². The standard InChI is InChI=1S/C33H51NO6Si/c1-24(2)41(25(3)4,26(5)6)40-31-22-34(33(36)39-23-27-13-9-8-10-14-27)21-30(35)32(31)28-15-17-29(18-16-28)38-20-12-11-19-37-7/h8-10,13-18,24-26,30-32,35H,11-12,19-23H2,1-7H3/t30-,31+,32+/m0/s1. The van der Waals surface area contributed by atoms with Crippen molar-refractivity contribution in [3.63, 3.8) is 0 Å². The molecule has 3 atom stereocenters. The van der Waals surface area contributed by atoms with Crippen LogP contribution >= 0.6 is 0 Å². The molecule has 0 spiro atoms.